The van der Waals surface area contributed by atoms with Crippen LogP contribution in [0.4, 0.5) is 0 Å². The fraction of sp³-hybridized carbons (Fsp3) is 0.200. The summed E-state index contributed by atoms with van der Waals surface area (Å²) in [7, 11) is 0. The van der Waals surface area contributed by atoms with Crippen LogP contribution in [0.3, 0.4) is 0 Å². The second-order valence-electron chi connectivity index (χ2n) is 4.79. The second-order valence-corrected chi connectivity index (χ2v) is 5.64. The quantitative estimate of drug-likeness (QED) is 0.732. The molecule has 0 spiro atoms. The molecule has 1 N–H and O–H groups in total. The van der Waals surface area contributed by atoms with Crippen molar-refractivity contribution in [3.8, 4) is 23.0 Å². The van der Waals surface area contributed by atoms with Crippen LogP contribution in [0.5, 0.6) is 11.5 Å². The van der Waals surface area contributed by atoms with Gasteiger partial charge < -0.3 is 14.5 Å². The van der Waals surface area contributed by atoms with Gasteiger partial charge in [-0.1, -0.05) is 0 Å². The highest BCUT2D eigenvalue weighted by atomic mass is 79.9. The summed E-state index contributed by atoms with van der Waals surface area (Å²) in [5, 5.41) is 0. The van der Waals surface area contributed by atoms with Gasteiger partial charge >= 0.3 is 0 Å². The molecule has 0 fully saturated rings. The molecule has 1 aliphatic rings. The largest absolute Gasteiger partial charge is 0.489 e. The van der Waals surface area contributed by atoms with Crippen molar-refractivity contribution in [1.82, 2.24) is 15.0 Å². The Morgan fingerprint density at radius 2 is 1.95 bits per heavy atom. The SMILES string of the molecule is Brc1cccnc1-c1nc2cc3c(cc2[nH]1)OCCCO3. The Morgan fingerprint density at radius 1 is 1.14 bits per heavy atom. The van der Waals surface area contributed by atoms with E-state index < -0.39 is 0 Å². The fourth-order valence-corrected chi connectivity index (χ4v) is 2.78. The standard InChI is InChI=1S/C15H12BrN3O2/c16-9-3-1-4-17-14(9)15-18-10-7-12-13(8-11(10)19-15)21-6-2-5-20-12/h1,3-4,7-8H,2,5-6H2,(H,18,19). The molecule has 1 aliphatic heterocycles. The molecule has 21 heavy (non-hydrogen) atoms. The van der Waals surface area contributed by atoms with Crippen molar-refractivity contribution in [1.29, 1.82) is 0 Å². The molecule has 3 heterocycles. The highest BCUT2D eigenvalue weighted by Gasteiger charge is 2.15. The van der Waals surface area contributed by atoms with Crippen LogP contribution in [-0.4, -0.2) is 28.2 Å². The van der Waals surface area contributed by atoms with Crippen molar-refractivity contribution < 1.29 is 9.47 Å². The number of ether oxygens (including phenoxy) is 2. The van der Waals surface area contributed by atoms with Crippen LogP contribution < -0.4 is 9.47 Å². The van der Waals surface area contributed by atoms with Gasteiger partial charge in [0.15, 0.2) is 17.3 Å². The maximum atomic E-state index is 5.70. The van der Waals surface area contributed by atoms with Crippen molar-refractivity contribution in [3.63, 3.8) is 0 Å². The van der Waals surface area contributed by atoms with Crippen LogP contribution in [0, 0.1) is 0 Å². The van der Waals surface area contributed by atoms with E-state index >= 15 is 0 Å². The summed E-state index contributed by atoms with van der Waals surface area (Å²) in [6.07, 6.45) is 2.64. The monoisotopic (exact) mass is 345 g/mol. The summed E-state index contributed by atoms with van der Waals surface area (Å²) in [6, 6.07) is 7.66. The van der Waals surface area contributed by atoms with Crippen molar-refractivity contribution in [2.75, 3.05) is 13.2 Å². The number of hydrogen-bond donors (Lipinski definition) is 1. The Morgan fingerprint density at radius 3 is 2.76 bits per heavy atom. The number of rotatable bonds is 1. The Hall–Kier alpha value is -2.08. The van der Waals surface area contributed by atoms with E-state index in [9.17, 15) is 0 Å². The normalized spacial score (nSPS) is 14.1. The van der Waals surface area contributed by atoms with Crippen LogP contribution in [0.15, 0.2) is 34.9 Å². The lowest BCUT2D eigenvalue weighted by Gasteiger charge is -2.05. The zero-order valence-electron chi connectivity index (χ0n) is 11.1. The minimum atomic E-state index is 0.668. The predicted molar refractivity (Wildman–Crippen MR) is 82.6 cm³/mol. The molecule has 0 radical (unpaired) electrons. The van der Waals surface area contributed by atoms with Crippen LogP contribution in [0.2, 0.25) is 0 Å². The van der Waals surface area contributed by atoms with Crippen LogP contribution >= 0.6 is 15.9 Å². The summed E-state index contributed by atoms with van der Waals surface area (Å²) in [4.78, 5) is 12.2. The first-order valence-electron chi connectivity index (χ1n) is 6.71. The van der Waals surface area contributed by atoms with Gasteiger partial charge in [-0.2, -0.15) is 0 Å². The molecule has 0 unspecified atom stereocenters. The van der Waals surface area contributed by atoms with Crippen LogP contribution in [0.25, 0.3) is 22.6 Å². The Kier molecular flexibility index (Phi) is 3.03. The minimum absolute atomic E-state index is 0.668. The first kappa shape index (κ1) is 12.6. The third-order valence-corrected chi connectivity index (χ3v) is 3.97. The molecular formula is C15H12BrN3O2. The van der Waals surface area contributed by atoms with E-state index in [-0.39, 0.29) is 0 Å². The van der Waals surface area contributed by atoms with E-state index in [2.05, 4.69) is 30.9 Å². The Balaban J connectivity index is 1.85. The number of aromatic nitrogens is 3. The topological polar surface area (TPSA) is 60.0 Å². The zero-order valence-corrected chi connectivity index (χ0v) is 12.7. The summed E-state index contributed by atoms with van der Waals surface area (Å²) < 4.78 is 12.3. The van der Waals surface area contributed by atoms with Crippen LogP contribution in [0.1, 0.15) is 6.42 Å². The van der Waals surface area contributed by atoms with E-state index in [1.165, 1.54) is 0 Å². The van der Waals surface area contributed by atoms with Gasteiger partial charge in [-0.25, -0.2) is 4.98 Å². The predicted octanol–water partition coefficient (Wildman–Crippen LogP) is 3.55. The molecular weight excluding hydrogens is 334 g/mol. The lowest BCUT2D eigenvalue weighted by Crippen LogP contribution is -1.97. The van der Waals surface area contributed by atoms with E-state index in [1.54, 1.807) is 6.20 Å². The molecule has 2 aromatic heterocycles. The van der Waals surface area contributed by atoms with Crippen molar-refractivity contribution in [2.45, 2.75) is 6.42 Å². The second kappa shape index (κ2) is 5.04. The van der Waals surface area contributed by atoms with Gasteiger partial charge in [0.25, 0.3) is 0 Å². The minimum Gasteiger partial charge on any atom is -0.489 e. The van der Waals surface area contributed by atoms with Gasteiger partial charge in [0.05, 0.1) is 24.2 Å². The number of aromatic amines is 1. The summed E-state index contributed by atoms with van der Waals surface area (Å²) in [5.74, 6) is 2.23. The maximum Gasteiger partial charge on any atom is 0.163 e. The maximum absolute atomic E-state index is 5.70. The van der Waals surface area contributed by atoms with Gasteiger partial charge in [-0.3, -0.25) is 4.98 Å². The third-order valence-electron chi connectivity index (χ3n) is 3.33. The highest BCUT2D eigenvalue weighted by molar-refractivity contribution is 9.10. The number of H-pyrrole nitrogens is 1. The van der Waals surface area contributed by atoms with Crippen molar-refractivity contribution in [3.05, 3.63) is 34.9 Å². The van der Waals surface area contributed by atoms with E-state index in [0.29, 0.717) is 13.2 Å². The molecule has 0 amide bonds. The van der Waals surface area contributed by atoms with E-state index in [1.807, 2.05) is 24.3 Å². The molecule has 0 aliphatic carbocycles. The third kappa shape index (κ3) is 2.25. The van der Waals surface area contributed by atoms with Gasteiger partial charge in [0.1, 0.15) is 5.69 Å². The van der Waals surface area contributed by atoms with Gasteiger partial charge in [-0.05, 0) is 28.1 Å². The molecule has 106 valence electrons. The fourth-order valence-electron chi connectivity index (χ4n) is 2.34. The molecule has 3 aromatic rings. The first-order valence-corrected chi connectivity index (χ1v) is 7.51. The number of fused-ring (bicyclic) bond motifs is 2. The number of benzene rings is 1. The van der Waals surface area contributed by atoms with E-state index in [4.69, 9.17) is 9.47 Å². The zero-order chi connectivity index (χ0) is 14.2. The average molecular weight is 346 g/mol. The van der Waals surface area contributed by atoms with E-state index in [0.717, 1.165) is 44.9 Å². The van der Waals surface area contributed by atoms with Gasteiger partial charge in [0, 0.05) is 29.2 Å². The number of imidazole rings is 1. The Bertz CT molecular complexity index is 773. The van der Waals surface area contributed by atoms with Crippen molar-refractivity contribution >= 4 is 27.0 Å². The molecule has 6 heteroatoms. The smallest absolute Gasteiger partial charge is 0.163 e. The number of pyridine rings is 1. The van der Waals surface area contributed by atoms with Crippen molar-refractivity contribution in [2.24, 2.45) is 0 Å². The molecule has 0 atom stereocenters. The summed E-state index contributed by atoms with van der Waals surface area (Å²) in [5.41, 5.74) is 2.53. The van der Waals surface area contributed by atoms with Gasteiger partial charge in [0.2, 0.25) is 0 Å². The highest BCUT2D eigenvalue weighted by Crippen LogP contribution is 2.35. The number of hydrogen-bond acceptors (Lipinski definition) is 4. The molecule has 0 bridgehead atoms. The number of nitrogens with zero attached hydrogens (tertiary/aromatic N) is 2. The summed E-state index contributed by atoms with van der Waals surface area (Å²) in [6.45, 7) is 1.34. The summed E-state index contributed by atoms with van der Waals surface area (Å²) >= 11 is 3.49. The molecule has 5 nitrogen and oxygen atoms in total. The molecule has 4 rings (SSSR count). The molecule has 0 saturated carbocycles. The lowest BCUT2D eigenvalue weighted by atomic mass is 10.3. The van der Waals surface area contributed by atoms with Crippen LogP contribution in [-0.2, 0) is 0 Å². The first-order chi connectivity index (χ1) is 10.3. The number of nitrogens with one attached hydrogen (secondary N) is 1. The average Bonchev–Trinajstić information content (AvgIpc) is 2.75. The lowest BCUT2D eigenvalue weighted by molar-refractivity contribution is 0.297. The molecule has 1 aromatic carbocycles. The molecule has 0 saturated heterocycles. The number of halogens is 1. The van der Waals surface area contributed by atoms with Gasteiger partial charge in [-0.15, -0.1) is 0 Å². The Labute approximate surface area is 129 Å².